The number of piperidine rings is 1. The Kier molecular flexibility index (Phi) is 3.31. The van der Waals surface area contributed by atoms with Crippen LogP contribution in [0.1, 0.15) is 30.4 Å². The lowest BCUT2D eigenvalue weighted by atomic mass is 9.78. The van der Waals surface area contributed by atoms with Gasteiger partial charge in [-0.2, -0.15) is 0 Å². The van der Waals surface area contributed by atoms with E-state index in [1.54, 1.807) is 0 Å². The third-order valence-electron chi connectivity index (χ3n) is 3.62. The molecule has 1 aromatic rings. The molecule has 0 saturated carbocycles. The minimum Gasteiger partial charge on any atom is -0.313 e. The highest BCUT2D eigenvalue weighted by molar-refractivity contribution is 5.85. The summed E-state index contributed by atoms with van der Waals surface area (Å²) in [6.07, 6.45) is 3.22. The van der Waals surface area contributed by atoms with Crippen LogP contribution in [-0.4, -0.2) is 24.8 Å². The summed E-state index contributed by atoms with van der Waals surface area (Å²) in [5.41, 5.74) is 2.77. The summed E-state index contributed by atoms with van der Waals surface area (Å²) in [7, 11) is 0. The quantitative estimate of drug-likeness (QED) is 0.735. The fourth-order valence-corrected chi connectivity index (χ4v) is 2.85. The van der Waals surface area contributed by atoms with E-state index in [2.05, 4.69) is 47.7 Å². The van der Waals surface area contributed by atoms with Crippen LogP contribution in [0, 0.1) is 0 Å². The number of benzene rings is 1. The van der Waals surface area contributed by atoms with Crippen molar-refractivity contribution in [2.24, 2.45) is 4.99 Å². The Hall–Kier alpha value is -0.860. The Morgan fingerprint density at radius 2 is 2.12 bits per heavy atom. The van der Waals surface area contributed by atoms with Crippen LogP contribution in [0.3, 0.4) is 0 Å². The van der Waals surface area contributed by atoms with Crippen molar-refractivity contribution in [2.45, 2.75) is 31.3 Å². The normalized spacial score (nSPS) is 31.2. The molecule has 16 heavy (non-hydrogen) atoms. The molecule has 0 aliphatic carbocycles. The summed E-state index contributed by atoms with van der Waals surface area (Å²) in [6.45, 7) is 3.37. The number of nitrogens with one attached hydrogen (secondary N) is 1. The van der Waals surface area contributed by atoms with E-state index >= 15 is 0 Å². The molecule has 2 nitrogen and oxygen atoms in total. The maximum Gasteiger partial charge on any atom is 0.0595 e. The Morgan fingerprint density at radius 1 is 1.31 bits per heavy atom. The van der Waals surface area contributed by atoms with Gasteiger partial charge in [-0.3, -0.25) is 4.99 Å². The molecule has 0 amide bonds. The van der Waals surface area contributed by atoms with E-state index in [1.807, 2.05) is 0 Å². The maximum atomic E-state index is 4.68. The van der Waals surface area contributed by atoms with E-state index in [1.165, 1.54) is 17.5 Å². The van der Waals surface area contributed by atoms with Gasteiger partial charge in [0.15, 0.2) is 0 Å². The largest absolute Gasteiger partial charge is 0.313 e. The molecule has 2 heterocycles. The van der Waals surface area contributed by atoms with Crippen molar-refractivity contribution in [1.82, 2.24) is 5.32 Å². The molecule has 3 unspecified atom stereocenters. The zero-order chi connectivity index (χ0) is 10.3. The predicted octanol–water partition coefficient (Wildman–Crippen LogP) is 2.37. The molecule has 0 bridgehead atoms. The van der Waals surface area contributed by atoms with Crippen LogP contribution in [0.2, 0.25) is 0 Å². The number of rotatable bonds is 0. The molecule has 0 radical (unpaired) electrons. The van der Waals surface area contributed by atoms with Crippen molar-refractivity contribution in [2.75, 3.05) is 6.54 Å². The lowest BCUT2D eigenvalue weighted by molar-refractivity contribution is 0.328. The van der Waals surface area contributed by atoms with Crippen molar-refractivity contribution in [3.8, 4) is 0 Å². The third-order valence-corrected chi connectivity index (χ3v) is 3.62. The lowest BCUT2D eigenvalue weighted by Crippen LogP contribution is -2.46. The van der Waals surface area contributed by atoms with Crippen molar-refractivity contribution in [1.29, 1.82) is 0 Å². The number of fused-ring (bicyclic) bond motifs is 3. The molecule has 3 rings (SSSR count). The highest BCUT2D eigenvalue weighted by Gasteiger charge is 2.34. The van der Waals surface area contributed by atoms with Crippen LogP contribution in [-0.2, 0) is 0 Å². The second kappa shape index (κ2) is 4.56. The molecule has 1 fully saturated rings. The summed E-state index contributed by atoms with van der Waals surface area (Å²) in [4.78, 5) is 4.68. The van der Waals surface area contributed by atoms with Crippen molar-refractivity contribution in [3.05, 3.63) is 35.4 Å². The van der Waals surface area contributed by atoms with Gasteiger partial charge < -0.3 is 5.32 Å². The van der Waals surface area contributed by atoms with E-state index in [-0.39, 0.29) is 12.4 Å². The van der Waals surface area contributed by atoms with E-state index in [0.717, 1.165) is 6.54 Å². The number of aliphatic imine (C=N–C) groups is 1. The van der Waals surface area contributed by atoms with E-state index in [0.29, 0.717) is 18.0 Å². The van der Waals surface area contributed by atoms with Gasteiger partial charge in [-0.25, -0.2) is 0 Å². The monoisotopic (exact) mass is 236 g/mol. The average molecular weight is 237 g/mol. The first-order valence-electron chi connectivity index (χ1n) is 5.72. The zero-order valence-corrected chi connectivity index (χ0v) is 10.2. The van der Waals surface area contributed by atoms with Crippen LogP contribution < -0.4 is 5.32 Å². The molecule has 1 saturated heterocycles. The summed E-state index contributed by atoms with van der Waals surface area (Å²) < 4.78 is 0. The molecule has 3 heteroatoms. The third kappa shape index (κ3) is 1.76. The first-order valence-corrected chi connectivity index (χ1v) is 5.72. The second-order valence-electron chi connectivity index (χ2n) is 4.53. The van der Waals surface area contributed by atoms with E-state index in [4.69, 9.17) is 0 Å². The second-order valence-corrected chi connectivity index (χ2v) is 4.53. The number of hydrogen-bond acceptors (Lipinski definition) is 2. The smallest absolute Gasteiger partial charge is 0.0595 e. The van der Waals surface area contributed by atoms with Gasteiger partial charge in [0.1, 0.15) is 0 Å². The van der Waals surface area contributed by atoms with E-state index < -0.39 is 0 Å². The summed E-state index contributed by atoms with van der Waals surface area (Å²) in [5.74, 6) is 0.569. The van der Waals surface area contributed by atoms with Gasteiger partial charge in [0.05, 0.1) is 6.04 Å². The molecule has 2 aliphatic rings. The molecular formula is C13H17ClN2. The summed E-state index contributed by atoms with van der Waals surface area (Å²) in [6, 6.07) is 9.68. The van der Waals surface area contributed by atoms with Crippen LogP contribution in [0.4, 0.5) is 0 Å². The van der Waals surface area contributed by atoms with Gasteiger partial charge in [-0.05, 0) is 31.0 Å². The summed E-state index contributed by atoms with van der Waals surface area (Å²) >= 11 is 0. The van der Waals surface area contributed by atoms with Gasteiger partial charge in [0.25, 0.3) is 0 Å². The minimum atomic E-state index is 0. The molecule has 2 aliphatic heterocycles. The van der Waals surface area contributed by atoms with E-state index in [9.17, 15) is 0 Å². The maximum absolute atomic E-state index is 4.68. The fourth-order valence-electron chi connectivity index (χ4n) is 2.85. The Labute approximate surface area is 103 Å². The summed E-state index contributed by atoms with van der Waals surface area (Å²) in [5, 5.41) is 3.55. The molecule has 0 spiro atoms. The molecule has 0 aromatic heterocycles. The Morgan fingerprint density at radius 3 is 3.00 bits per heavy atom. The van der Waals surface area contributed by atoms with Crippen LogP contribution in [0.15, 0.2) is 29.3 Å². The predicted molar refractivity (Wildman–Crippen MR) is 69.9 cm³/mol. The van der Waals surface area contributed by atoms with Gasteiger partial charge in [0, 0.05) is 18.2 Å². The molecule has 3 atom stereocenters. The van der Waals surface area contributed by atoms with Gasteiger partial charge in [-0.15, -0.1) is 12.4 Å². The lowest BCUT2D eigenvalue weighted by Gasteiger charge is -2.38. The Bertz CT molecular complexity index is 403. The SMILES string of the molecule is CC1NCCC2N=Cc3ccccc3C21.Cl. The molecular weight excluding hydrogens is 220 g/mol. The Balaban J connectivity index is 0.000000963. The molecule has 86 valence electrons. The molecule has 1 N–H and O–H groups in total. The average Bonchev–Trinajstić information content (AvgIpc) is 2.29. The highest BCUT2D eigenvalue weighted by Crippen LogP contribution is 2.34. The topological polar surface area (TPSA) is 24.4 Å². The first-order chi connectivity index (χ1) is 7.36. The zero-order valence-electron chi connectivity index (χ0n) is 9.39. The molecule has 1 aromatic carbocycles. The van der Waals surface area contributed by atoms with Gasteiger partial charge in [0.2, 0.25) is 0 Å². The van der Waals surface area contributed by atoms with Crippen LogP contribution >= 0.6 is 12.4 Å². The first kappa shape index (κ1) is 11.6. The van der Waals surface area contributed by atoms with Crippen LogP contribution in [0.5, 0.6) is 0 Å². The van der Waals surface area contributed by atoms with Crippen LogP contribution in [0.25, 0.3) is 0 Å². The van der Waals surface area contributed by atoms with Crippen molar-refractivity contribution < 1.29 is 0 Å². The number of halogens is 1. The van der Waals surface area contributed by atoms with Crippen molar-refractivity contribution in [3.63, 3.8) is 0 Å². The fraction of sp³-hybridized carbons (Fsp3) is 0.462. The highest BCUT2D eigenvalue weighted by atomic mass is 35.5. The van der Waals surface area contributed by atoms with Crippen molar-refractivity contribution >= 4 is 18.6 Å². The standard InChI is InChI=1S/C13H16N2.ClH/c1-9-13-11-5-3-2-4-10(11)8-15-12(13)6-7-14-9;/h2-5,8-9,12-14H,6-7H2,1H3;1H. The van der Waals surface area contributed by atoms with Gasteiger partial charge >= 0.3 is 0 Å². The number of nitrogens with zero attached hydrogens (tertiary/aromatic N) is 1. The number of hydrogen-bond donors (Lipinski definition) is 1. The van der Waals surface area contributed by atoms with Gasteiger partial charge in [-0.1, -0.05) is 24.3 Å². The minimum absolute atomic E-state index is 0.